The van der Waals surface area contributed by atoms with E-state index in [1.807, 2.05) is 12.1 Å². The fraction of sp³-hybridized carbons (Fsp3) is 0.643. The largest absolute Gasteiger partial charge is 0.397 e. The SMILES string of the molecule is CCC(C)N1CCN(Cc2ccc(N)cn2)CC1. The normalized spacial score (nSPS) is 19.9. The molecule has 1 unspecified atom stereocenters. The predicted molar refractivity (Wildman–Crippen MR) is 75.3 cm³/mol. The van der Waals surface area contributed by atoms with Crippen LogP contribution in [0.3, 0.4) is 0 Å². The van der Waals surface area contributed by atoms with Crippen LogP contribution in [-0.4, -0.2) is 47.0 Å². The van der Waals surface area contributed by atoms with Crippen molar-refractivity contribution >= 4 is 5.69 Å². The molecule has 0 aromatic carbocycles. The molecule has 0 amide bonds. The zero-order valence-electron chi connectivity index (χ0n) is 11.5. The Kier molecular flexibility index (Phi) is 4.55. The van der Waals surface area contributed by atoms with Crippen LogP contribution in [0.1, 0.15) is 26.0 Å². The van der Waals surface area contributed by atoms with Gasteiger partial charge in [-0.2, -0.15) is 0 Å². The molecule has 2 rings (SSSR count). The quantitative estimate of drug-likeness (QED) is 0.878. The monoisotopic (exact) mass is 248 g/mol. The fourth-order valence-corrected chi connectivity index (χ4v) is 2.38. The number of nitrogens with two attached hydrogens (primary N) is 1. The lowest BCUT2D eigenvalue weighted by atomic mass is 10.2. The molecule has 1 aromatic heterocycles. The zero-order chi connectivity index (χ0) is 13.0. The lowest BCUT2D eigenvalue weighted by Crippen LogP contribution is -2.49. The first kappa shape index (κ1) is 13.3. The topological polar surface area (TPSA) is 45.4 Å². The van der Waals surface area contributed by atoms with Gasteiger partial charge in [0.25, 0.3) is 0 Å². The van der Waals surface area contributed by atoms with Gasteiger partial charge in [-0.05, 0) is 25.5 Å². The van der Waals surface area contributed by atoms with E-state index in [1.54, 1.807) is 6.20 Å². The highest BCUT2D eigenvalue weighted by Crippen LogP contribution is 2.11. The maximum absolute atomic E-state index is 5.64. The zero-order valence-corrected chi connectivity index (χ0v) is 11.5. The van der Waals surface area contributed by atoms with Crippen molar-refractivity contribution < 1.29 is 0 Å². The summed E-state index contributed by atoms with van der Waals surface area (Å²) in [5.74, 6) is 0. The van der Waals surface area contributed by atoms with E-state index in [9.17, 15) is 0 Å². The van der Waals surface area contributed by atoms with E-state index in [4.69, 9.17) is 5.73 Å². The maximum atomic E-state index is 5.64. The van der Waals surface area contributed by atoms with Gasteiger partial charge in [-0.15, -0.1) is 0 Å². The van der Waals surface area contributed by atoms with Gasteiger partial charge in [0, 0.05) is 38.8 Å². The van der Waals surface area contributed by atoms with Gasteiger partial charge in [-0.1, -0.05) is 6.92 Å². The summed E-state index contributed by atoms with van der Waals surface area (Å²) in [6.45, 7) is 10.1. The van der Waals surface area contributed by atoms with Crippen molar-refractivity contribution in [3.63, 3.8) is 0 Å². The lowest BCUT2D eigenvalue weighted by molar-refractivity contribution is 0.0956. The number of nitrogen functional groups attached to an aromatic ring is 1. The summed E-state index contributed by atoms with van der Waals surface area (Å²) in [6.07, 6.45) is 2.98. The molecule has 2 heterocycles. The number of pyridine rings is 1. The van der Waals surface area contributed by atoms with Crippen LogP contribution >= 0.6 is 0 Å². The van der Waals surface area contributed by atoms with Gasteiger partial charge in [0.05, 0.1) is 17.6 Å². The third-order valence-corrected chi connectivity index (χ3v) is 3.85. The van der Waals surface area contributed by atoms with E-state index in [1.165, 1.54) is 19.5 Å². The van der Waals surface area contributed by atoms with E-state index in [-0.39, 0.29) is 0 Å². The Labute approximate surface area is 110 Å². The number of anilines is 1. The van der Waals surface area contributed by atoms with Crippen LogP contribution in [0.25, 0.3) is 0 Å². The van der Waals surface area contributed by atoms with E-state index in [0.717, 1.165) is 31.0 Å². The van der Waals surface area contributed by atoms with Crippen LogP contribution in [0, 0.1) is 0 Å². The molecule has 0 spiro atoms. The standard InChI is InChI=1S/C14H24N4/c1-3-12(2)18-8-6-17(7-9-18)11-14-5-4-13(15)10-16-14/h4-5,10,12H,3,6-9,11,15H2,1-2H3. The van der Waals surface area contributed by atoms with Crippen LogP contribution in [0.5, 0.6) is 0 Å². The van der Waals surface area contributed by atoms with Crippen LogP contribution < -0.4 is 5.73 Å². The first-order chi connectivity index (χ1) is 8.69. The van der Waals surface area contributed by atoms with Crippen LogP contribution in [0.2, 0.25) is 0 Å². The minimum absolute atomic E-state index is 0.710. The van der Waals surface area contributed by atoms with Gasteiger partial charge in [-0.25, -0.2) is 0 Å². The summed E-state index contributed by atoms with van der Waals surface area (Å²) in [5, 5.41) is 0. The van der Waals surface area contributed by atoms with E-state index >= 15 is 0 Å². The third kappa shape index (κ3) is 3.43. The van der Waals surface area contributed by atoms with Crippen molar-refractivity contribution in [3.8, 4) is 0 Å². The molecular formula is C14H24N4. The highest BCUT2D eigenvalue weighted by atomic mass is 15.3. The molecule has 100 valence electrons. The van der Waals surface area contributed by atoms with Crippen molar-refractivity contribution in [2.45, 2.75) is 32.9 Å². The Hall–Kier alpha value is -1.13. The van der Waals surface area contributed by atoms with Crippen molar-refractivity contribution in [3.05, 3.63) is 24.0 Å². The highest BCUT2D eigenvalue weighted by Gasteiger charge is 2.20. The van der Waals surface area contributed by atoms with Crippen LogP contribution in [-0.2, 0) is 6.54 Å². The second kappa shape index (κ2) is 6.16. The van der Waals surface area contributed by atoms with Crippen LogP contribution in [0.4, 0.5) is 5.69 Å². The molecule has 1 aliphatic rings. The second-order valence-corrected chi connectivity index (χ2v) is 5.15. The molecule has 1 fully saturated rings. The minimum atomic E-state index is 0.710. The summed E-state index contributed by atoms with van der Waals surface area (Å²) in [4.78, 5) is 9.41. The Morgan fingerprint density at radius 1 is 1.28 bits per heavy atom. The molecule has 0 bridgehead atoms. The molecule has 1 atom stereocenters. The van der Waals surface area contributed by atoms with E-state index in [0.29, 0.717) is 6.04 Å². The molecular weight excluding hydrogens is 224 g/mol. The van der Waals surface area contributed by atoms with Gasteiger partial charge >= 0.3 is 0 Å². The molecule has 2 N–H and O–H groups in total. The molecule has 0 aliphatic carbocycles. The maximum Gasteiger partial charge on any atom is 0.0545 e. The van der Waals surface area contributed by atoms with E-state index < -0.39 is 0 Å². The first-order valence-electron chi connectivity index (χ1n) is 6.86. The van der Waals surface area contributed by atoms with Crippen molar-refractivity contribution in [1.29, 1.82) is 0 Å². The number of rotatable bonds is 4. The summed E-state index contributed by atoms with van der Waals surface area (Å²) in [7, 11) is 0. The average molecular weight is 248 g/mol. The van der Waals surface area contributed by atoms with Gasteiger partial charge < -0.3 is 5.73 Å². The van der Waals surface area contributed by atoms with Gasteiger partial charge in [0.15, 0.2) is 0 Å². The first-order valence-corrected chi connectivity index (χ1v) is 6.86. The molecule has 4 nitrogen and oxygen atoms in total. The van der Waals surface area contributed by atoms with Crippen molar-refractivity contribution in [2.24, 2.45) is 0 Å². The smallest absolute Gasteiger partial charge is 0.0545 e. The molecule has 18 heavy (non-hydrogen) atoms. The predicted octanol–water partition coefficient (Wildman–Crippen LogP) is 1.58. The summed E-state index contributed by atoms with van der Waals surface area (Å²) >= 11 is 0. The Bertz CT molecular complexity index is 355. The van der Waals surface area contributed by atoms with Gasteiger partial charge in [0.2, 0.25) is 0 Å². The molecule has 4 heteroatoms. The summed E-state index contributed by atoms with van der Waals surface area (Å²) < 4.78 is 0. The number of aromatic nitrogens is 1. The summed E-state index contributed by atoms with van der Waals surface area (Å²) in [6, 6.07) is 4.66. The van der Waals surface area contributed by atoms with Crippen molar-refractivity contribution in [1.82, 2.24) is 14.8 Å². The molecule has 1 saturated heterocycles. The fourth-order valence-electron chi connectivity index (χ4n) is 2.38. The number of hydrogen-bond donors (Lipinski definition) is 1. The number of hydrogen-bond acceptors (Lipinski definition) is 4. The number of piperazine rings is 1. The Morgan fingerprint density at radius 2 is 2.00 bits per heavy atom. The second-order valence-electron chi connectivity index (χ2n) is 5.15. The van der Waals surface area contributed by atoms with Gasteiger partial charge in [-0.3, -0.25) is 14.8 Å². The summed E-state index contributed by atoms with van der Waals surface area (Å²) in [5.41, 5.74) is 7.49. The molecule has 0 saturated carbocycles. The van der Waals surface area contributed by atoms with Crippen molar-refractivity contribution in [2.75, 3.05) is 31.9 Å². The highest BCUT2D eigenvalue weighted by molar-refractivity contribution is 5.34. The minimum Gasteiger partial charge on any atom is -0.397 e. The Morgan fingerprint density at radius 3 is 2.56 bits per heavy atom. The third-order valence-electron chi connectivity index (χ3n) is 3.85. The van der Waals surface area contributed by atoms with Gasteiger partial charge in [0.1, 0.15) is 0 Å². The molecule has 0 radical (unpaired) electrons. The average Bonchev–Trinajstić information content (AvgIpc) is 2.41. The number of nitrogens with zero attached hydrogens (tertiary/aromatic N) is 3. The Balaban J connectivity index is 1.81. The molecule has 1 aromatic rings. The van der Waals surface area contributed by atoms with E-state index in [2.05, 4.69) is 28.6 Å². The van der Waals surface area contributed by atoms with Crippen LogP contribution in [0.15, 0.2) is 18.3 Å². The molecule has 1 aliphatic heterocycles. The lowest BCUT2D eigenvalue weighted by Gasteiger charge is -2.37.